The lowest BCUT2D eigenvalue weighted by Crippen LogP contribution is -2.41. The van der Waals surface area contributed by atoms with Gasteiger partial charge in [0.05, 0.1) is 6.04 Å². The first-order valence-electron chi connectivity index (χ1n) is 7.57. The van der Waals surface area contributed by atoms with E-state index in [2.05, 4.69) is 40.5 Å². The van der Waals surface area contributed by atoms with E-state index in [0.717, 1.165) is 24.7 Å². The van der Waals surface area contributed by atoms with Crippen molar-refractivity contribution >= 4 is 35.6 Å². The fourth-order valence-corrected chi connectivity index (χ4v) is 2.64. The van der Waals surface area contributed by atoms with Gasteiger partial charge in [0.25, 0.3) is 0 Å². The van der Waals surface area contributed by atoms with Gasteiger partial charge < -0.3 is 10.2 Å². The third-order valence-electron chi connectivity index (χ3n) is 4.07. The summed E-state index contributed by atoms with van der Waals surface area (Å²) in [5.74, 6) is 1.09. The smallest absolute Gasteiger partial charge is 0.198 e. The lowest BCUT2D eigenvalue weighted by Gasteiger charge is -2.32. The molecule has 0 bridgehead atoms. The van der Waals surface area contributed by atoms with E-state index in [0.29, 0.717) is 6.04 Å². The number of hydrogen-bond acceptors (Lipinski definition) is 1. The highest BCUT2D eigenvalue weighted by molar-refractivity contribution is 14.0. The number of benzene rings is 1. The monoisotopic (exact) mass is 385 g/mol. The van der Waals surface area contributed by atoms with Crippen LogP contribution in [0.5, 0.6) is 0 Å². The first-order valence-corrected chi connectivity index (χ1v) is 7.57. The van der Waals surface area contributed by atoms with Crippen molar-refractivity contribution in [2.75, 3.05) is 18.4 Å². The number of anilines is 1. The Bertz CT molecular complexity index is 423. The average Bonchev–Trinajstić information content (AvgIpc) is 2.43. The van der Waals surface area contributed by atoms with Crippen molar-refractivity contribution in [2.24, 2.45) is 4.99 Å². The lowest BCUT2D eigenvalue weighted by atomic mass is 9.94. The van der Waals surface area contributed by atoms with Crippen LogP contribution in [0, 0.1) is 0 Å². The van der Waals surface area contributed by atoms with E-state index in [-0.39, 0.29) is 24.0 Å². The van der Waals surface area contributed by atoms with Gasteiger partial charge in [0.1, 0.15) is 0 Å². The number of halogens is 1. The third-order valence-corrected chi connectivity index (χ3v) is 4.07. The number of para-hydroxylation sites is 1. The Labute approximate surface area is 138 Å². The number of nitrogens with one attached hydrogen (secondary N) is 1. The molecule has 0 spiro atoms. The summed E-state index contributed by atoms with van der Waals surface area (Å²) in [4.78, 5) is 7.36. The topological polar surface area (TPSA) is 27.6 Å². The molecule has 1 aromatic rings. The Morgan fingerprint density at radius 3 is 2.30 bits per heavy atom. The molecule has 0 unspecified atom stereocenters. The first kappa shape index (κ1) is 15.6. The summed E-state index contributed by atoms with van der Waals surface area (Å²) < 4.78 is 0. The fourth-order valence-electron chi connectivity index (χ4n) is 2.64. The minimum atomic E-state index is 0. The molecule has 3 rings (SSSR count). The standard InChI is InChI=1S/C16H23N3.HI/c1-3-8-14(9-4-1)17-16(18-15-10-7-11-15)19-12-5-2-6-13-19;/h1,3-4,8-9,15H,2,5-7,10-13H2,(H,17,18);1H. The van der Waals surface area contributed by atoms with Gasteiger partial charge in [-0.3, -0.25) is 0 Å². The van der Waals surface area contributed by atoms with Gasteiger partial charge in [0.2, 0.25) is 0 Å². The van der Waals surface area contributed by atoms with Crippen molar-refractivity contribution < 1.29 is 0 Å². The van der Waals surface area contributed by atoms with Gasteiger partial charge in [-0.05, 0) is 50.7 Å². The first-order chi connectivity index (χ1) is 9.42. The number of piperidine rings is 1. The van der Waals surface area contributed by atoms with Crippen molar-refractivity contribution in [3.63, 3.8) is 0 Å². The number of rotatable bonds is 2. The molecule has 1 saturated carbocycles. The molecule has 1 aliphatic carbocycles. The van der Waals surface area contributed by atoms with E-state index in [1.165, 1.54) is 38.5 Å². The van der Waals surface area contributed by atoms with Crippen LogP contribution >= 0.6 is 24.0 Å². The molecule has 2 fully saturated rings. The maximum Gasteiger partial charge on any atom is 0.198 e. The summed E-state index contributed by atoms with van der Waals surface area (Å²) >= 11 is 0. The zero-order valence-corrected chi connectivity index (χ0v) is 14.3. The predicted molar refractivity (Wildman–Crippen MR) is 96.0 cm³/mol. The van der Waals surface area contributed by atoms with Gasteiger partial charge in [0.15, 0.2) is 5.96 Å². The maximum atomic E-state index is 4.93. The second kappa shape index (κ2) is 7.86. The molecule has 1 heterocycles. The summed E-state index contributed by atoms with van der Waals surface area (Å²) in [5, 5.41) is 3.52. The normalized spacial score (nSPS) is 20.0. The van der Waals surface area contributed by atoms with E-state index in [9.17, 15) is 0 Å². The number of likely N-dealkylation sites (tertiary alicyclic amines) is 1. The van der Waals surface area contributed by atoms with E-state index in [1.807, 2.05) is 0 Å². The molecule has 4 heteroatoms. The Balaban J connectivity index is 0.00000147. The molecule has 1 aliphatic heterocycles. The molecule has 20 heavy (non-hydrogen) atoms. The summed E-state index contributed by atoms with van der Waals surface area (Å²) in [6.45, 7) is 2.29. The highest BCUT2D eigenvalue weighted by Gasteiger charge is 2.21. The van der Waals surface area contributed by atoms with Crippen molar-refractivity contribution in [3.8, 4) is 0 Å². The molecule has 3 nitrogen and oxygen atoms in total. The molecule has 110 valence electrons. The molecule has 1 aromatic carbocycles. The van der Waals surface area contributed by atoms with Gasteiger partial charge in [-0.25, -0.2) is 4.99 Å². The van der Waals surface area contributed by atoms with Gasteiger partial charge in [-0.1, -0.05) is 18.2 Å². The van der Waals surface area contributed by atoms with Crippen LogP contribution in [-0.2, 0) is 0 Å². The van der Waals surface area contributed by atoms with Gasteiger partial charge in [0, 0.05) is 18.8 Å². The zero-order chi connectivity index (χ0) is 12.9. The number of aliphatic imine (C=N–C) groups is 1. The molecular weight excluding hydrogens is 361 g/mol. The third kappa shape index (κ3) is 4.11. The van der Waals surface area contributed by atoms with Crippen molar-refractivity contribution in [3.05, 3.63) is 30.3 Å². The Kier molecular flexibility index (Phi) is 6.13. The van der Waals surface area contributed by atoms with Crippen molar-refractivity contribution in [1.29, 1.82) is 0 Å². The second-order valence-corrected chi connectivity index (χ2v) is 5.58. The molecule has 0 aromatic heterocycles. The molecule has 1 saturated heterocycles. The van der Waals surface area contributed by atoms with E-state index >= 15 is 0 Å². The van der Waals surface area contributed by atoms with Gasteiger partial charge >= 0.3 is 0 Å². The van der Waals surface area contributed by atoms with E-state index in [1.54, 1.807) is 0 Å². The predicted octanol–water partition coefficient (Wildman–Crippen LogP) is 4.11. The maximum absolute atomic E-state index is 4.93. The van der Waals surface area contributed by atoms with Crippen molar-refractivity contribution in [2.45, 2.75) is 44.6 Å². The quantitative estimate of drug-likeness (QED) is 0.471. The largest absolute Gasteiger partial charge is 0.343 e. The lowest BCUT2D eigenvalue weighted by molar-refractivity contribution is 0.333. The molecule has 0 radical (unpaired) electrons. The minimum absolute atomic E-state index is 0. The van der Waals surface area contributed by atoms with Gasteiger partial charge in [-0.15, -0.1) is 24.0 Å². The highest BCUT2D eigenvalue weighted by Crippen LogP contribution is 2.23. The van der Waals surface area contributed by atoms with Crippen LogP contribution in [0.4, 0.5) is 5.69 Å². The summed E-state index contributed by atoms with van der Waals surface area (Å²) in [7, 11) is 0. The average molecular weight is 385 g/mol. The van der Waals surface area contributed by atoms with Gasteiger partial charge in [-0.2, -0.15) is 0 Å². The Hall–Kier alpha value is -0.780. The van der Waals surface area contributed by atoms with Crippen LogP contribution < -0.4 is 5.32 Å². The zero-order valence-electron chi connectivity index (χ0n) is 11.9. The van der Waals surface area contributed by atoms with Crippen molar-refractivity contribution in [1.82, 2.24) is 4.90 Å². The van der Waals surface area contributed by atoms with Crippen LogP contribution in [0.25, 0.3) is 0 Å². The SMILES string of the molecule is I.c1ccc(NC(=NC2CCC2)N2CCCCC2)cc1. The molecule has 0 amide bonds. The van der Waals surface area contributed by atoms with E-state index in [4.69, 9.17) is 4.99 Å². The van der Waals surface area contributed by atoms with Crippen LogP contribution in [0.1, 0.15) is 38.5 Å². The minimum Gasteiger partial charge on any atom is -0.343 e. The summed E-state index contributed by atoms with van der Waals surface area (Å²) in [6, 6.07) is 11.0. The fraction of sp³-hybridized carbons (Fsp3) is 0.562. The van der Waals surface area contributed by atoms with Crippen LogP contribution in [0.15, 0.2) is 35.3 Å². The van der Waals surface area contributed by atoms with Crippen LogP contribution in [-0.4, -0.2) is 30.0 Å². The molecule has 2 aliphatic rings. The number of guanidine groups is 1. The van der Waals surface area contributed by atoms with Crippen LogP contribution in [0.3, 0.4) is 0 Å². The molecule has 0 atom stereocenters. The Morgan fingerprint density at radius 2 is 1.70 bits per heavy atom. The number of hydrogen-bond donors (Lipinski definition) is 1. The summed E-state index contributed by atoms with van der Waals surface area (Å²) in [6.07, 6.45) is 7.80. The second-order valence-electron chi connectivity index (χ2n) is 5.58. The molecular formula is C16H24IN3. The van der Waals surface area contributed by atoms with E-state index < -0.39 is 0 Å². The Morgan fingerprint density at radius 1 is 1.00 bits per heavy atom. The van der Waals surface area contributed by atoms with Crippen LogP contribution in [0.2, 0.25) is 0 Å². The summed E-state index contributed by atoms with van der Waals surface area (Å²) in [5.41, 5.74) is 1.14. The number of nitrogens with zero attached hydrogens (tertiary/aromatic N) is 2. The highest BCUT2D eigenvalue weighted by atomic mass is 127. The molecule has 1 N–H and O–H groups in total.